The third kappa shape index (κ3) is 4.54. The van der Waals surface area contributed by atoms with Crippen molar-refractivity contribution in [2.45, 2.75) is 40.2 Å². The zero-order valence-corrected chi connectivity index (χ0v) is 15.5. The molecule has 1 aromatic rings. The molecule has 5 nitrogen and oxygen atoms in total. The van der Waals surface area contributed by atoms with Crippen LogP contribution in [0.4, 0.5) is 0 Å². The van der Waals surface area contributed by atoms with Gasteiger partial charge in [0, 0.05) is 50.4 Å². The van der Waals surface area contributed by atoms with Gasteiger partial charge in [-0.2, -0.15) is 0 Å². The van der Waals surface area contributed by atoms with Crippen molar-refractivity contribution in [2.24, 2.45) is 5.92 Å². The summed E-state index contributed by atoms with van der Waals surface area (Å²) in [4.78, 5) is 5.02. The summed E-state index contributed by atoms with van der Waals surface area (Å²) in [5.74, 6) is 1.10. The second kappa shape index (κ2) is 8.58. The summed E-state index contributed by atoms with van der Waals surface area (Å²) >= 11 is 0. The number of aromatic hydroxyl groups is 2. The van der Waals surface area contributed by atoms with Gasteiger partial charge in [0.15, 0.2) is 11.8 Å². The van der Waals surface area contributed by atoms with Gasteiger partial charge in [-0.15, -0.1) is 6.58 Å². The predicted octanol–water partition coefficient (Wildman–Crippen LogP) is 2.60. The predicted molar refractivity (Wildman–Crippen MR) is 98.7 cm³/mol. The van der Waals surface area contributed by atoms with Crippen LogP contribution in [0.5, 0.6) is 11.8 Å². The van der Waals surface area contributed by atoms with Crippen molar-refractivity contribution in [3.63, 3.8) is 0 Å². The summed E-state index contributed by atoms with van der Waals surface area (Å²) < 4.78 is 1.63. The molecule has 136 valence electrons. The number of hydrogen-bond donors (Lipinski definition) is 2. The van der Waals surface area contributed by atoms with Gasteiger partial charge in [0.2, 0.25) is 0 Å². The minimum absolute atomic E-state index is 0.186. The maximum absolute atomic E-state index is 10.3. The monoisotopic (exact) mass is 335 g/mol. The highest BCUT2D eigenvalue weighted by atomic mass is 16.3. The van der Waals surface area contributed by atoms with Gasteiger partial charge in [0.25, 0.3) is 0 Å². The molecule has 0 saturated carbocycles. The van der Waals surface area contributed by atoms with E-state index in [-0.39, 0.29) is 11.8 Å². The van der Waals surface area contributed by atoms with Gasteiger partial charge in [0.1, 0.15) is 0 Å². The van der Waals surface area contributed by atoms with Crippen molar-refractivity contribution in [3.8, 4) is 11.8 Å². The van der Waals surface area contributed by atoms with Gasteiger partial charge >= 0.3 is 0 Å². The third-order valence-corrected chi connectivity index (χ3v) is 4.86. The summed E-state index contributed by atoms with van der Waals surface area (Å²) in [6.45, 7) is 17.4. The second-order valence-electron chi connectivity index (χ2n) is 7.28. The van der Waals surface area contributed by atoms with Crippen molar-refractivity contribution in [3.05, 3.63) is 23.8 Å². The Kier molecular flexibility index (Phi) is 6.75. The van der Waals surface area contributed by atoms with E-state index in [0.29, 0.717) is 13.0 Å². The molecule has 0 unspecified atom stereocenters. The molecule has 1 aliphatic heterocycles. The maximum Gasteiger partial charge on any atom is 0.197 e. The average molecular weight is 335 g/mol. The lowest BCUT2D eigenvalue weighted by Gasteiger charge is -2.35. The Balaban J connectivity index is 1.81. The lowest BCUT2D eigenvalue weighted by atomic mass is 10.1. The first-order valence-electron chi connectivity index (χ1n) is 9.09. The molecular weight excluding hydrogens is 302 g/mol. The molecule has 0 aliphatic carbocycles. The van der Waals surface area contributed by atoms with Crippen LogP contribution in [0.1, 0.15) is 31.4 Å². The Morgan fingerprint density at radius 2 is 1.67 bits per heavy atom. The van der Waals surface area contributed by atoms with E-state index in [2.05, 4.69) is 30.2 Å². The fourth-order valence-electron chi connectivity index (χ4n) is 3.53. The van der Waals surface area contributed by atoms with E-state index in [4.69, 9.17) is 0 Å². The molecule has 1 aliphatic rings. The van der Waals surface area contributed by atoms with Crippen molar-refractivity contribution in [1.82, 2.24) is 14.4 Å². The fourth-order valence-corrected chi connectivity index (χ4v) is 3.53. The molecular formula is C19H33N3O2. The van der Waals surface area contributed by atoms with Crippen molar-refractivity contribution in [1.29, 1.82) is 0 Å². The first-order chi connectivity index (χ1) is 11.4. The van der Waals surface area contributed by atoms with E-state index in [9.17, 15) is 10.2 Å². The molecule has 0 atom stereocenters. The number of allylic oxidation sites excluding steroid dienone is 1. The number of hydrogen-bond acceptors (Lipinski definition) is 4. The van der Waals surface area contributed by atoms with E-state index in [0.717, 1.165) is 56.2 Å². The molecule has 2 N–H and O–H groups in total. The lowest BCUT2D eigenvalue weighted by Crippen LogP contribution is -2.47. The van der Waals surface area contributed by atoms with Crippen LogP contribution in [0.3, 0.4) is 0 Å². The lowest BCUT2D eigenvalue weighted by molar-refractivity contribution is 0.120. The van der Waals surface area contributed by atoms with E-state index in [1.54, 1.807) is 10.6 Å². The Hall–Kier alpha value is -1.46. The molecule has 1 fully saturated rings. The van der Waals surface area contributed by atoms with Gasteiger partial charge in [-0.25, -0.2) is 0 Å². The highest BCUT2D eigenvalue weighted by Gasteiger charge is 2.20. The third-order valence-electron chi connectivity index (χ3n) is 4.86. The highest BCUT2D eigenvalue weighted by molar-refractivity contribution is 5.45. The second-order valence-corrected chi connectivity index (χ2v) is 7.28. The van der Waals surface area contributed by atoms with E-state index in [1.807, 2.05) is 6.92 Å². The molecule has 5 heteroatoms. The molecule has 0 aromatic carbocycles. The van der Waals surface area contributed by atoms with Gasteiger partial charge < -0.3 is 20.0 Å². The summed E-state index contributed by atoms with van der Waals surface area (Å²) in [6, 6.07) is 0. The SMILES string of the molecule is C=CCc1c(C)c(O)n(CCCN2CCN(CC(C)C)CC2)c1O. The highest BCUT2D eigenvalue weighted by Crippen LogP contribution is 2.33. The molecule has 24 heavy (non-hydrogen) atoms. The summed E-state index contributed by atoms with van der Waals surface area (Å²) in [5, 5.41) is 20.5. The quantitative estimate of drug-likeness (QED) is 0.717. The first-order valence-corrected chi connectivity index (χ1v) is 9.09. The number of aromatic nitrogens is 1. The normalized spacial score (nSPS) is 16.8. The Morgan fingerprint density at radius 3 is 2.25 bits per heavy atom. The largest absolute Gasteiger partial charge is 0.494 e. The molecule has 1 saturated heterocycles. The van der Waals surface area contributed by atoms with Crippen molar-refractivity contribution in [2.75, 3.05) is 39.3 Å². The molecule has 0 amide bonds. The van der Waals surface area contributed by atoms with Gasteiger partial charge in [0.05, 0.1) is 0 Å². The molecule has 1 aromatic heterocycles. The molecule has 2 heterocycles. The van der Waals surface area contributed by atoms with Crippen molar-refractivity contribution >= 4 is 0 Å². The molecule has 2 rings (SSSR count). The van der Waals surface area contributed by atoms with E-state index < -0.39 is 0 Å². The maximum atomic E-state index is 10.3. The van der Waals surface area contributed by atoms with Crippen LogP contribution in [-0.4, -0.2) is 63.8 Å². The summed E-state index contributed by atoms with van der Waals surface area (Å²) in [6.07, 6.45) is 3.26. The zero-order valence-electron chi connectivity index (χ0n) is 15.5. The Morgan fingerprint density at radius 1 is 1.04 bits per heavy atom. The van der Waals surface area contributed by atoms with Crippen LogP contribution >= 0.6 is 0 Å². The molecule has 0 radical (unpaired) electrons. The van der Waals surface area contributed by atoms with Crippen LogP contribution in [0.15, 0.2) is 12.7 Å². The van der Waals surface area contributed by atoms with Crippen LogP contribution in [-0.2, 0) is 13.0 Å². The summed E-state index contributed by atoms with van der Waals surface area (Å²) in [7, 11) is 0. The fraction of sp³-hybridized carbons (Fsp3) is 0.684. The van der Waals surface area contributed by atoms with Crippen LogP contribution in [0.2, 0.25) is 0 Å². The summed E-state index contributed by atoms with van der Waals surface area (Å²) in [5.41, 5.74) is 1.54. The van der Waals surface area contributed by atoms with E-state index >= 15 is 0 Å². The van der Waals surface area contributed by atoms with Crippen LogP contribution in [0.25, 0.3) is 0 Å². The van der Waals surface area contributed by atoms with Gasteiger partial charge in [-0.3, -0.25) is 4.57 Å². The first kappa shape index (κ1) is 18.9. The molecule has 0 bridgehead atoms. The van der Waals surface area contributed by atoms with Crippen molar-refractivity contribution < 1.29 is 10.2 Å². The standard InChI is InChI=1S/C19H33N3O2/c1-5-7-17-16(4)18(23)22(19(17)24)9-6-8-20-10-12-21(13-11-20)14-15(2)3/h5,15,23-24H,1,6-14H2,2-4H3. The smallest absolute Gasteiger partial charge is 0.197 e. The number of rotatable bonds is 8. The van der Waals surface area contributed by atoms with Gasteiger partial charge in [-0.1, -0.05) is 19.9 Å². The van der Waals surface area contributed by atoms with Crippen LogP contribution < -0.4 is 0 Å². The number of piperazine rings is 1. The Bertz CT molecular complexity index is 543. The minimum atomic E-state index is 0.186. The number of nitrogens with zero attached hydrogens (tertiary/aromatic N) is 3. The average Bonchev–Trinajstić information content (AvgIpc) is 2.74. The Labute approximate surface area is 146 Å². The van der Waals surface area contributed by atoms with E-state index in [1.165, 1.54) is 6.54 Å². The van der Waals surface area contributed by atoms with Gasteiger partial charge in [-0.05, 0) is 32.2 Å². The topological polar surface area (TPSA) is 51.9 Å². The molecule has 0 spiro atoms. The van der Waals surface area contributed by atoms with Crippen LogP contribution in [0, 0.1) is 12.8 Å². The zero-order chi connectivity index (χ0) is 17.7. The minimum Gasteiger partial charge on any atom is -0.494 e.